The van der Waals surface area contributed by atoms with Crippen LogP contribution in [0.3, 0.4) is 0 Å². The zero-order valence-corrected chi connectivity index (χ0v) is 7.01. The summed E-state index contributed by atoms with van der Waals surface area (Å²) >= 11 is 0. The third-order valence-electron chi connectivity index (χ3n) is 2.01. The van der Waals surface area contributed by atoms with E-state index in [4.69, 9.17) is 4.74 Å². The molecule has 0 amide bonds. The van der Waals surface area contributed by atoms with Crippen molar-refractivity contribution < 1.29 is 14.3 Å². The number of ether oxygens (including phenoxy) is 1. The minimum Gasteiger partial charge on any atom is -0.367 e. The summed E-state index contributed by atoms with van der Waals surface area (Å²) in [5, 5.41) is 0. The average molecular weight is 156 g/mol. The fourth-order valence-corrected chi connectivity index (χ4v) is 1.16. The van der Waals surface area contributed by atoms with E-state index in [0.717, 1.165) is 0 Å². The van der Waals surface area contributed by atoms with Gasteiger partial charge in [-0.3, -0.25) is 9.59 Å². The highest BCUT2D eigenvalue weighted by Gasteiger charge is 2.43. The van der Waals surface area contributed by atoms with Crippen LogP contribution in [0.1, 0.15) is 20.8 Å². The molecular formula is C8H12O3. The van der Waals surface area contributed by atoms with E-state index in [-0.39, 0.29) is 18.2 Å². The SMILES string of the molecule is CC(=O)C1COC(C)(C)C1=O. The monoisotopic (exact) mass is 156 g/mol. The van der Waals surface area contributed by atoms with Crippen LogP contribution in [-0.2, 0) is 14.3 Å². The summed E-state index contributed by atoms with van der Waals surface area (Å²) in [6, 6.07) is 0. The van der Waals surface area contributed by atoms with Crippen molar-refractivity contribution in [3.8, 4) is 0 Å². The molecule has 0 aromatic carbocycles. The van der Waals surface area contributed by atoms with Gasteiger partial charge in [-0.1, -0.05) is 0 Å². The molecule has 0 bridgehead atoms. The maximum Gasteiger partial charge on any atom is 0.176 e. The molecule has 1 unspecified atom stereocenters. The topological polar surface area (TPSA) is 43.4 Å². The molecule has 11 heavy (non-hydrogen) atoms. The Morgan fingerprint density at radius 2 is 2.18 bits per heavy atom. The first-order valence-corrected chi connectivity index (χ1v) is 3.64. The van der Waals surface area contributed by atoms with E-state index in [1.54, 1.807) is 13.8 Å². The molecule has 0 N–H and O–H groups in total. The van der Waals surface area contributed by atoms with Crippen molar-refractivity contribution in [2.45, 2.75) is 26.4 Å². The molecule has 1 saturated heterocycles. The second-order valence-corrected chi connectivity index (χ2v) is 3.35. The quantitative estimate of drug-likeness (QED) is 0.521. The van der Waals surface area contributed by atoms with E-state index in [1.165, 1.54) is 6.92 Å². The third kappa shape index (κ3) is 1.33. The molecule has 1 atom stereocenters. The summed E-state index contributed by atoms with van der Waals surface area (Å²) in [5.41, 5.74) is -0.754. The van der Waals surface area contributed by atoms with Crippen molar-refractivity contribution in [3.05, 3.63) is 0 Å². The fourth-order valence-electron chi connectivity index (χ4n) is 1.16. The zero-order chi connectivity index (χ0) is 8.65. The molecule has 3 heteroatoms. The van der Waals surface area contributed by atoms with Crippen LogP contribution in [0.25, 0.3) is 0 Å². The highest BCUT2D eigenvalue weighted by Crippen LogP contribution is 2.25. The van der Waals surface area contributed by atoms with E-state index in [2.05, 4.69) is 0 Å². The molecule has 0 saturated carbocycles. The lowest BCUT2D eigenvalue weighted by atomic mass is 9.93. The Kier molecular flexibility index (Phi) is 1.84. The van der Waals surface area contributed by atoms with Gasteiger partial charge in [-0.2, -0.15) is 0 Å². The van der Waals surface area contributed by atoms with Gasteiger partial charge in [-0.05, 0) is 20.8 Å². The van der Waals surface area contributed by atoms with Gasteiger partial charge in [-0.25, -0.2) is 0 Å². The van der Waals surface area contributed by atoms with Crippen LogP contribution in [-0.4, -0.2) is 23.8 Å². The summed E-state index contributed by atoms with van der Waals surface area (Å²) in [7, 11) is 0. The van der Waals surface area contributed by atoms with Crippen molar-refractivity contribution in [1.29, 1.82) is 0 Å². The smallest absolute Gasteiger partial charge is 0.176 e. The van der Waals surface area contributed by atoms with E-state index in [0.29, 0.717) is 0 Å². The van der Waals surface area contributed by atoms with Crippen LogP contribution in [0.15, 0.2) is 0 Å². The normalized spacial score (nSPS) is 29.0. The first kappa shape index (κ1) is 8.40. The molecule has 0 aromatic rings. The maximum absolute atomic E-state index is 11.3. The van der Waals surface area contributed by atoms with Crippen LogP contribution < -0.4 is 0 Å². The summed E-state index contributed by atoms with van der Waals surface area (Å²) < 4.78 is 5.16. The zero-order valence-electron chi connectivity index (χ0n) is 7.01. The largest absolute Gasteiger partial charge is 0.367 e. The molecule has 1 aliphatic heterocycles. The highest BCUT2D eigenvalue weighted by atomic mass is 16.5. The van der Waals surface area contributed by atoms with Crippen LogP contribution in [0, 0.1) is 5.92 Å². The van der Waals surface area contributed by atoms with Gasteiger partial charge in [0.15, 0.2) is 5.78 Å². The van der Waals surface area contributed by atoms with Crippen molar-refractivity contribution >= 4 is 11.6 Å². The lowest BCUT2D eigenvalue weighted by Crippen LogP contribution is -2.32. The molecular weight excluding hydrogens is 144 g/mol. The summed E-state index contributed by atoms with van der Waals surface area (Å²) in [6.07, 6.45) is 0. The number of hydrogen-bond acceptors (Lipinski definition) is 3. The standard InChI is InChI=1S/C8H12O3/c1-5(9)6-4-11-8(2,3)7(6)10/h6H,4H2,1-3H3. The molecule has 1 aliphatic rings. The number of ketones is 2. The summed E-state index contributed by atoms with van der Waals surface area (Å²) in [6.45, 7) is 5.06. The van der Waals surface area contributed by atoms with Gasteiger partial charge >= 0.3 is 0 Å². The number of carbonyl (C=O) groups is 2. The average Bonchev–Trinajstić information content (AvgIpc) is 2.09. The first-order chi connectivity index (χ1) is 4.95. The van der Waals surface area contributed by atoms with E-state index < -0.39 is 11.5 Å². The Morgan fingerprint density at radius 1 is 1.64 bits per heavy atom. The minimum absolute atomic E-state index is 0.0926. The van der Waals surface area contributed by atoms with Gasteiger partial charge in [0.25, 0.3) is 0 Å². The molecule has 3 nitrogen and oxygen atoms in total. The Morgan fingerprint density at radius 3 is 2.36 bits per heavy atom. The van der Waals surface area contributed by atoms with Crippen molar-refractivity contribution in [2.75, 3.05) is 6.61 Å². The molecule has 1 rings (SSSR count). The predicted octanol–water partition coefficient (Wildman–Crippen LogP) is 0.569. The number of Topliss-reactive ketones (excluding diaryl/α,β-unsaturated/α-hetero) is 2. The van der Waals surface area contributed by atoms with Crippen LogP contribution in [0.5, 0.6) is 0 Å². The Bertz CT molecular complexity index is 205. The Hall–Kier alpha value is -0.700. The van der Waals surface area contributed by atoms with Crippen molar-refractivity contribution in [3.63, 3.8) is 0 Å². The van der Waals surface area contributed by atoms with Crippen LogP contribution in [0.2, 0.25) is 0 Å². The van der Waals surface area contributed by atoms with Gasteiger partial charge < -0.3 is 4.74 Å². The number of hydrogen-bond donors (Lipinski definition) is 0. The van der Waals surface area contributed by atoms with Gasteiger partial charge in [0.05, 0.1) is 6.61 Å². The van der Waals surface area contributed by atoms with Gasteiger partial charge in [-0.15, -0.1) is 0 Å². The van der Waals surface area contributed by atoms with Gasteiger partial charge in [0.1, 0.15) is 17.3 Å². The lowest BCUT2D eigenvalue weighted by molar-refractivity contribution is -0.133. The summed E-state index contributed by atoms with van der Waals surface area (Å²) in [4.78, 5) is 22.2. The highest BCUT2D eigenvalue weighted by molar-refractivity contribution is 6.06. The molecule has 0 spiro atoms. The summed E-state index contributed by atoms with van der Waals surface area (Å²) in [5.74, 6) is -0.712. The van der Waals surface area contributed by atoms with E-state index >= 15 is 0 Å². The Labute approximate surface area is 65.7 Å². The van der Waals surface area contributed by atoms with Crippen LogP contribution >= 0.6 is 0 Å². The van der Waals surface area contributed by atoms with Gasteiger partial charge in [0.2, 0.25) is 0 Å². The lowest BCUT2D eigenvalue weighted by Gasteiger charge is -2.13. The number of carbonyl (C=O) groups excluding carboxylic acids is 2. The fraction of sp³-hybridized carbons (Fsp3) is 0.750. The molecule has 1 fully saturated rings. The third-order valence-corrected chi connectivity index (χ3v) is 2.01. The molecule has 0 aromatic heterocycles. The second kappa shape index (κ2) is 2.41. The molecule has 62 valence electrons. The first-order valence-electron chi connectivity index (χ1n) is 3.64. The Balaban J connectivity index is 2.79. The molecule has 0 aliphatic carbocycles. The maximum atomic E-state index is 11.3. The van der Waals surface area contributed by atoms with Crippen molar-refractivity contribution in [2.24, 2.45) is 5.92 Å². The predicted molar refractivity (Wildman–Crippen MR) is 39.2 cm³/mol. The van der Waals surface area contributed by atoms with Crippen molar-refractivity contribution in [1.82, 2.24) is 0 Å². The molecule has 0 radical (unpaired) electrons. The number of rotatable bonds is 1. The van der Waals surface area contributed by atoms with Gasteiger partial charge in [0, 0.05) is 0 Å². The molecule has 1 heterocycles. The van der Waals surface area contributed by atoms with Crippen LogP contribution in [0.4, 0.5) is 0 Å². The second-order valence-electron chi connectivity index (χ2n) is 3.35. The minimum atomic E-state index is -0.754. The van der Waals surface area contributed by atoms with E-state index in [9.17, 15) is 9.59 Å². The van der Waals surface area contributed by atoms with E-state index in [1.807, 2.05) is 0 Å².